The van der Waals surface area contributed by atoms with E-state index in [9.17, 15) is 9.59 Å². The second-order valence-corrected chi connectivity index (χ2v) is 7.63. The summed E-state index contributed by atoms with van der Waals surface area (Å²) in [5.74, 6) is -0.235. The number of benzene rings is 1. The van der Waals surface area contributed by atoms with E-state index >= 15 is 0 Å². The fraction of sp³-hybridized carbons (Fsp3) is 0.250. The Morgan fingerprint density at radius 3 is 2.93 bits per heavy atom. The highest BCUT2D eigenvalue weighted by Crippen LogP contribution is 2.28. The molecule has 0 aliphatic heterocycles. The molecule has 3 aromatic heterocycles. The lowest BCUT2D eigenvalue weighted by atomic mass is 10.2. The van der Waals surface area contributed by atoms with Crippen molar-refractivity contribution in [1.82, 2.24) is 14.1 Å². The molecule has 0 fully saturated rings. The Kier molecular flexibility index (Phi) is 4.74. The van der Waals surface area contributed by atoms with Crippen LogP contribution in [0.15, 0.2) is 41.6 Å². The normalized spacial score (nSPS) is 11.4. The van der Waals surface area contributed by atoms with E-state index in [1.165, 1.54) is 22.2 Å². The Morgan fingerprint density at radius 2 is 2.14 bits per heavy atom. The first-order chi connectivity index (χ1) is 13.5. The number of nitrogens with zero attached hydrogens (tertiary/aromatic N) is 3. The number of rotatable bonds is 5. The van der Waals surface area contributed by atoms with Crippen molar-refractivity contribution in [3.63, 3.8) is 0 Å². The minimum Gasteiger partial charge on any atom is -0.383 e. The summed E-state index contributed by atoms with van der Waals surface area (Å²) in [6, 6.07) is 7.81. The monoisotopic (exact) mass is 396 g/mol. The topological polar surface area (TPSA) is 78.2 Å². The molecule has 0 aliphatic carbocycles. The van der Waals surface area contributed by atoms with E-state index < -0.39 is 0 Å². The predicted octanol–water partition coefficient (Wildman–Crippen LogP) is 3.16. The maximum atomic E-state index is 12.8. The Hall–Kier alpha value is -2.97. The van der Waals surface area contributed by atoms with Crippen LogP contribution in [-0.4, -0.2) is 33.7 Å². The molecule has 8 heteroatoms. The lowest BCUT2D eigenvalue weighted by Crippen LogP contribution is -2.17. The summed E-state index contributed by atoms with van der Waals surface area (Å²) in [6.07, 6.45) is 3.48. The number of hydrogen-bond acceptors (Lipinski definition) is 5. The van der Waals surface area contributed by atoms with Crippen molar-refractivity contribution in [2.75, 3.05) is 19.0 Å². The van der Waals surface area contributed by atoms with Gasteiger partial charge in [0, 0.05) is 43.5 Å². The van der Waals surface area contributed by atoms with Crippen LogP contribution in [0, 0.1) is 6.92 Å². The molecule has 0 unspecified atom stereocenters. The molecule has 4 rings (SSSR count). The Bertz CT molecular complexity index is 1250. The van der Waals surface area contributed by atoms with Crippen molar-refractivity contribution in [3.8, 4) is 0 Å². The zero-order valence-electron chi connectivity index (χ0n) is 15.9. The van der Waals surface area contributed by atoms with Crippen molar-refractivity contribution < 1.29 is 9.53 Å². The number of carbonyl (C=O) groups excluding carboxylic acids is 1. The van der Waals surface area contributed by atoms with Gasteiger partial charge in [0.1, 0.15) is 4.83 Å². The first-order valence-corrected chi connectivity index (χ1v) is 9.65. The van der Waals surface area contributed by atoms with Gasteiger partial charge < -0.3 is 19.2 Å². The van der Waals surface area contributed by atoms with Crippen LogP contribution in [0.5, 0.6) is 0 Å². The summed E-state index contributed by atoms with van der Waals surface area (Å²) in [7, 11) is 3.33. The second kappa shape index (κ2) is 7.21. The van der Waals surface area contributed by atoms with Gasteiger partial charge in [-0.25, -0.2) is 4.98 Å². The number of thiophene rings is 1. The lowest BCUT2D eigenvalue weighted by Gasteiger charge is -2.07. The summed E-state index contributed by atoms with van der Waals surface area (Å²) in [5.41, 5.74) is 2.31. The average Bonchev–Trinajstić information content (AvgIpc) is 3.24. The number of hydrogen-bond donors (Lipinski definition) is 1. The minimum absolute atomic E-state index is 0.142. The lowest BCUT2D eigenvalue weighted by molar-refractivity contribution is 0.103. The van der Waals surface area contributed by atoms with Gasteiger partial charge in [0.15, 0.2) is 0 Å². The van der Waals surface area contributed by atoms with Crippen LogP contribution >= 0.6 is 11.3 Å². The Labute approximate surface area is 165 Å². The number of ether oxygens (including phenoxy) is 1. The van der Waals surface area contributed by atoms with Gasteiger partial charge in [-0.15, -0.1) is 11.3 Å². The van der Waals surface area contributed by atoms with Crippen molar-refractivity contribution in [1.29, 1.82) is 0 Å². The highest BCUT2D eigenvalue weighted by molar-refractivity contribution is 7.20. The van der Waals surface area contributed by atoms with E-state index in [2.05, 4.69) is 14.9 Å². The number of aryl methyl sites for hydroxylation is 2. The molecule has 0 saturated carbocycles. The summed E-state index contributed by atoms with van der Waals surface area (Å²) in [4.78, 5) is 30.5. The van der Waals surface area contributed by atoms with Gasteiger partial charge >= 0.3 is 0 Å². The quantitative estimate of drug-likeness (QED) is 0.562. The van der Waals surface area contributed by atoms with E-state index in [1.54, 1.807) is 21.1 Å². The Balaban J connectivity index is 1.63. The van der Waals surface area contributed by atoms with E-state index in [0.29, 0.717) is 33.0 Å². The zero-order chi connectivity index (χ0) is 19.8. The van der Waals surface area contributed by atoms with E-state index in [0.717, 1.165) is 17.4 Å². The molecule has 144 valence electrons. The fourth-order valence-electron chi connectivity index (χ4n) is 3.28. The van der Waals surface area contributed by atoms with Crippen molar-refractivity contribution in [3.05, 3.63) is 57.6 Å². The van der Waals surface area contributed by atoms with Gasteiger partial charge in [0.2, 0.25) is 0 Å². The molecule has 0 bridgehead atoms. The third kappa shape index (κ3) is 3.10. The average molecular weight is 396 g/mol. The van der Waals surface area contributed by atoms with E-state index in [1.807, 2.05) is 30.5 Å². The molecule has 1 amide bonds. The minimum atomic E-state index is -0.235. The highest BCUT2D eigenvalue weighted by atomic mass is 32.1. The van der Waals surface area contributed by atoms with Gasteiger partial charge in [0.05, 0.1) is 23.2 Å². The summed E-state index contributed by atoms with van der Waals surface area (Å²) in [6.45, 7) is 3.20. The smallest absolute Gasteiger partial charge is 0.266 e. The molecule has 4 aromatic rings. The highest BCUT2D eigenvalue weighted by Gasteiger charge is 2.19. The molecule has 7 nitrogen and oxygen atoms in total. The van der Waals surface area contributed by atoms with Crippen LogP contribution in [0.3, 0.4) is 0 Å². The number of carbonyl (C=O) groups is 1. The van der Waals surface area contributed by atoms with Crippen molar-refractivity contribution in [2.45, 2.75) is 13.5 Å². The second-order valence-electron chi connectivity index (χ2n) is 6.63. The maximum Gasteiger partial charge on any atom is 0.266 e. The molecular formula is C20H20N4O3S. The van der Waals surface area contributed by atoms with Crippen molar-refractivity contribution in [2.24, 2.45) is 7.05 Å². The maximum absolute atomic E-state index is 12.8. The molecule has 3 heterocycles. The Morgan fingerprint density at radius 1 is 1.32 bits per heavy atom. The summed E-state index contributed by atoms with van der Waals surface area (Å²) < 4.78 is 8.67. The third-order valence-corrected chi connectivity index (χ3v) is 5.98. The number of amides is 1. The standard InChI is InChI=1S/C20H20N4O3S/c1-12-16-19(21-11-23(2)20(16)26)28-17(12)18(25)22-14-4-5-15-13(10-14)6-7-24(15)8-9-27-3/h4-7,10-11H,8-9H2,1-3H3,(H,22,25). The number of fused-ring (bicyclic) bond motifs is 2. The van der Waals surface area contributed by atoms with Crippen LogP contribution in [0.1, 0.15) is 15.2 Å². The van der Waals surface area contributed by atoms with Gasteiger partial charge in [0.25, 0.3) is 11.5 Å². The third-order valence-electron chi connectivity index (χ3n) is 4.78. The zero-order valence-corrected chi connectivity index (χ0v) is 16.7. The number of nitrogens with one attached hydrogen (secondary N) is 1. The molecular weight excluding hydrogens is 376 g/mol. The SMILES string of the molecule is COCCn1ccc2cc(NC(=O)c3sc4ncn(C)c(=O)c4c3C)ccc21. The molecule has 0 atom stereocenters. The van der Waals surface area contributed by atoms with Crippen LogP contribution in [0.25, 0.3) is 21.1 Å². The molecule has 0 radical (unpaired) electrons. The van der Waals surface area contributed by atoms with Crippen LogP contribution in [-0.2, 0) is 18.3 Å². The van der Waals surface area contributed by atoms with Gasteiger partial charge in [-0.2, -0.15) is 0 Å². The largest absolute Gasteiger partial charge is 0.383 e. The molecule has 0 spiro atoms. The van der Waals surface area contributed by atoms with E-state index in [-0.39, 0.29) is 11.5 Å². The molecule has 1 N–H and O–H groups in total. The van der Waals surface area contributed by atoms with E-state index in [4.69, 9.17) is 4.74 Å². The molecule has 28 heavy (non-hydrogen) atoms. The summed E-state index contributed by atoms with van der Waals surface area (Å²) >= 11 is 1.24. The number of methoxy groups -OCH3 is 1. The fourth-order valence-corrected chi connectivity index (χ4v) is 4.31. The van der Waals surface area contributed by atoms with Crippen LogP contribution in [0.4, 0.5) is 5.69 Å². The van der Waals surface area contributed by atoms with Gasteiger partial charge in [-0.05, 0) is 36.8 Å². The van der Waals surface area contributed by atoms with Gasteiger partial charge in [-0.1, -0.05) is 0 Å². The van der Waals surface area contributed by atoms with Crippen molar-refractivity contribution >= 4 is 44.1 Å². The predicted molar refractivity (Wildman–Crippen MR) is 111 cm³/mol. The molecule has 1 aromatic carbocycles. The van der Waals surface area contributed by atoms with Crippen LogP contribution in [0.2, 0.25) is 0 Å². The summed E-state index contributed by atoms with van der Waals surface area (Å²) in [5, 5.41) is 4.48. The van der Waals surface area contributed by atoms with Gasteiger partial charge in [-0.3, -0.25) is 9.59 Å². The number of aromatic nitrogens is 3. The van der Waals surface area contributed by atoms with Crippen LogP contribution < -0.4 is 10.9 Å². The molecule has 0 saturated heterocycles. The molecule has 0 aliphatic rings. The first kappa shape index (κ1) is 18.4. The first-order valence-electron chi connectivity index (χ1n) is 8.83. The number of anilines is 1.